The second kappa shape index (κ2) is 9.91. The highest BCUT2D eigenvalue weighted by Gasteiger charge is 2.11. The number of allylic oxidation sites excluding steroid dienone is 8. The molecule has 1 rings (SSSR count). The Morgan fingerprint density at radius 2 is 1.81 bits per heavy atom. The lowest BCUT2D eigenvalue weighted by atomic mass is 9.87. The van der Waals surface area contributed by atoms with Crippen molar-refractivity contribution in [3.63, 3.8) is 0 Å². The third-order valence-electron chi connectivity index (χ3n) is 4.56. The van der Waals surface area contributed by atoms with Crippen LogP contribution in [0.25, 0.3) is 5.57 Å². The third-order valence-corrected chi connectivity index (χ3v) is 4.56. The Labute approximate surface area is 164 Å². The molecule has 2 heteroatoms. The van der Waals surface area contributed by atoms with Crippen molar-refractivity contribution in [3.05, 3.63) is 102 Å². The van der Waals surface area contributed by atoms with E-state index in [1.54, 1.807) is 24.3 Å². The van der Waals surface area contributed by atoms with Crippen molar-refractivity contribution in [2.24, 2.45) is 5.41 Å². The van der Waals surface area contributed by atoms with Gasteiger partial charge in [-0.3, -0.25) is 0 Å². The predicted octanol–water partition coefficient (Wildman–Crippen LogP) is 7.12. The maximum Gasteiger partial charge on any atom is 0.127 e. The summed E-state index contributed by atoms with van der Waals surface area (Å²) >= 11 is 0. The molecule has 1 N–H and O–H groups in total. The van der Waals surface area contributed by atoms with Gasteiger partial charge in [-0.1, -0.05) is 76.4 Å². The number of rotatable bonds is 8. The number of halogens is 1. The highest BCUT2D eigenvalue weighted by Crippen LogP contribution is 2.24. The maximum absolute atomic E-state index is 14.5. The van der Waals surface area contributed by atoms with Gasteiger partial charge in [-0.2, -0.15) is 0 Å². The average molecular weight is 366 g/mol. The van der Waals surface area contributed by atoms with Gasteiger partial charge in [0.25, 0.3) is 0 Å². The predicted molar refractivity (Wildman–Crippen MR) is 118 cm³/mol. The lowest BCUT2D eigenvalue weighted by Gasteiger charge is -2.19. The van der Waals surface area contributed by atoms with Gasteiger partial charge in [-0.05, 0) is 54.2 Å². The molecule has 1 aromatic rings. The van der Waals surface area contributed by atoms with Crippen LogP contribution in [-0.2, 0) is 6.42 Å². The van der Waals surface area contributed by atoms with Crippen LogP contribution in [0.4, 0.5) is 4.39 Å². The van der Waals surface area contributed by atoms with Crippen molar-refractivity contribution in [2.45, 2.75) is 41.0 Å². The molecule has 0 bridgehead atoms. The van der Waals surface area contributed by atoms with Crippen LogP contribution in [0.1, 0.15) is 45.7 Å². The van der Waals surface area contributed by atoms with Gasteiger partial charge >= 0.3 is 0 Å². The molecule has 0 aliphatic heterocycles. The van der Waals surface area contributed by atoms with Crippen LogP contribution in [0.2, 0.25) is 0 Å². The normalized spacial score (nSPS) is 13.3. The fraction of sp³-hybridized carbons (Fsp3) is 0.280. The van der Waals surface area contributed by atoms with Crippen LogP contribution in [-0.4, -0.2) is 0 Å². The smallest absolute Gasteiger partial charge is 0.127 e. The molecule has 0 aromatic heterocycles. The molecule has 0 radical (unpaired) electrons. The first-order valence-corrected chi connectivity index (χ1v) is 9.16. The lowest BCUT2D eigenvalue weighted by Crippen LogP contribution is -2.13. The summed E-state index contributed by atoms with van der Waals surface area (Å²) in [5.74, 6) is -0.246. The van der Waals surface area contributed by atoms with Crippen LogP contribution < -0.4 is 5.32 Å². The largest absolute Gasteiger partial charge is 0.359 e. The monoisotopic (exact) mass is 365 g/mol. The number of nitrogens with one attached hydrogen (secondary N) is 1. The topological polar surface area (TPSA) is 12.0 Å². The highest BCUT2D eigenvalue weighted by molar-refractivity contribution is 5.73. The molecule has 0 spiro atoms. The average Bonchev–Trinajstić information content (AvgIpc) is 2.60. The van der Waals surface area contributed by atoms with Crippen LogP contribution in [0.15, 0.2) is 85.3 Å². The summed E-state index contributed by atoms with van der Waals surface area (Å²) < 4.78 is 14.5. The molecule has 0 atom stereocenters. The molecule has 0 heterocycles. The van der Waals surface area contributed by atoms with Crippen molar-refractivity contribution in [1.29, 1.82) is 0 Å². The summed E-state index contributed by atoms with van der Waals surface area (Å²) in [5.41, 5.74) is 5.26. The minimum absolute atomic E-state index is 0.113. The first-order chi connectivity index (χ1) is 12.6. The summed E-state index contributed by atoms with van der Waals surface area (Å²) in [6.45, 7) is 22.2. The second-order valence-electron chi connectivity index (χ2n) is 7.59. The summed E-state index contributed by atoms with van der Waals surface area (Å²) in [5, 5.41) is 3.22. The highest BCUT2D eigenvalue weighted by atomic mass is 19.1. The van der Waals surface area contributed by atoms with E-state index in [-0.39, 0.29) is 11.2 Å². The van der Waals surface area contributed by atoms with E-state index in [2.05, 4.69) is 58.8 Å². The molecular weight excluding hydrogens is 333 g/mol. The number of hydrogen-bond acceptors (Lipinski definition) is 1. The van der Waals surface area contributed by atoms with Gasteiger partial charge in [0.2, 0.25) is 0 Å². The summed E-state index contributed by atoms with van der Waals surface area (Å²) in [6.07, 6.45) is 9.82. The molecule has 0 saturated heterocycles. The Kier molecular flexibility index (Phi) is 8.24. The van der Waals surface area contributed by atoms with Gasteiger partial charge in [0.05, 0.1) is 0 Å². The van der Waals surface area contributed by atoms with Crippen LogP contribution in [0, 0.1) is 11.2 Å². The molecule has 1 nitrogen and oxygen atoms in total. The van der Waals surface area contributed by atoms with Crippen molar-refractivity contribution >= 4 is 5.57 Å². The zero-order chi connectivity index (χ0) is 20.6. The lowest BCUT2D eigenvalue weighted by molar-refractivity contribution is 0.504. The molecule has 144 valence electrons. The zero-order valence-electron chi connectivity index (χ0n) is 17.3. The maximum atomic E-state index is 14.5. The van der Waals surface area contributed by atoms with E-state index in [9.17, 15) is 4.39 Å². The second-order valence-corrected chi connectivity index (χ2v) is 7.59. The fourth-order valence-electron chi connectivity index (χ4n) is 2.38. The van der Waals surface area contributed by atoms with Gasteiger partial charge in [-0.25, -0.2) is 4.39 Å². The zero-order valence-corrected chi connectivity index (χ0v) is 17.3. The standard InChI is InChI=1S/C25H32FN/c1-9-20(10-2)21-13-14-22(24(26)17-21)16-19(5)27-23(11-3)15-12-18(4)25(6,7)8/h9-15,17,27H,1,3,5,16H2,2,4,6-8H3/b18-12+,20-10+,23-15+. The van der Waals surface area contributed by atoms with Gasteiger partial charge in [0.15, 0.2) is 0 Å². The Bertz CT molecular complexity index is 798. The van der Waals surface area contributed by atoms with Crippen molar-refractivity contribution in [2.75, 3.05) is 0 Å². The van der Waals surface area contributed by atoms with E-state index in [0.29, 0.717) is 17.7 Å². The first kappa shape index (κ1) is 22.4. The molecule has 0 fully saturated rings. The van der Waals surface area contributed by atoms with Crippen molar-refractivity contribution in [3.8, 4) is 0 Å². The number of hydrogen-bond donors (Lipinski definition) is 1. The summed E-state index contributed by atoms with van der Waals surface area (Å²) in [4.78, 5) is 0. The van der Waals surface area contributed by atoms with E-state index in [1.165, 1.54) is 5.57 Å². The molecule has 1 aromatic carbocycles. The quantitative estimate of drug-likeness (QED) is 0.483. The molecule has 0 amide bonds. The third kappa shape index (κ3) is 6.90. The van der Waals surface area contributed by atoms with Gasteiger partial charge in [0, 0.05) is 17.8 Å². The Morgan fingerprint density at radius 3 is 2.30 bits per heavy atom. The summed E-state index contributed by atoms with van der Waals surface area (Å²) in [6, 6.07) is 5.24. The Balaban J connectivity index is 2.90. The molecule has 0 aliphatic rings. The minimum Gasteiger partial charge on any atom is -0.359 e. The van der Waals surface area contributed by atoms with Crippen molar-refractivity contribution < 1.29 is 4.39 Å². The molecule has 0 unspecified atom stereocenters. The summed E-state index contributed by atoms with van der Waals surface area (Å²) in [7, 11) is 0. The Hall–Kier alpha value is -2.61. The SMILES string of the molecule is C=C/C(=C\C=C(/C)C(C)(C)C)NC(=C)Cc1ccc(/C(C=C)=C/C)cc1F. The molecule has 0 saturated carbocycles. The van der Waals surface area contributed by atoms with E-state index in [1.807, 2.05) is 25.1 Å². The molecule has 0 aliphatic carbocycles. The van der Waals surface area contributed by atoms with E-state index in [0.717, 1.165) is 16.8 Å². The molecule has 27 heavy (non-hydrogen) atoms. The van der Waals surface area contributed by atoms with E-state index in [4.69, 9.17) is 0 Å². The minimum atomic E-state index is -0.246. The first-order valence-electron chi connectivity index (χ1n) is 9.16. The fourth-order valence-corrected chi connectivity index (χ4v) is 2.38. The van der Waals surface area contributed by atoms with Crippen LogP contribution in [0.5, 0.6) is 0 Å². The van der Waals surface area contributed by atoms with E-state index < -0.39 is 0 Å². The Morgan fingerprint density at radius 1 is 1.15 bits per heavy atom. The van der Waals surface area contributed by atoms with E-state index >= 15 is 0 Å². The van der Waals surface area contributed by atoms with Crippen LogP contribution >= 0.6 is 0 Å². The number of benzene rings is 1. The van der Waals surface area contributed by atoms with Gasteiger partial charge in [-0.15, -0.1) is 0 Å². The van der Waals surface area contributed by atoms with Crippen molar-refractivity contribution in [1.82, 2.24) is 5.32 Å². The van der Waals surface area contributed by atoms with Crippen LogP contribution in [0.3, 0.4) is 0 Å². The van der Waals surface area contributed by atoms with Gasteiger partial charge in [0.1, 0.15) is 5.82 Å². The van der Waals surface area contributed by atoms with Gasteiger partial charge < -0.3 is 5.32 Å². The molecular formula is C25H32FN.